The quantitative estimate of drug-likeness (QED) is 0.643. The van der Waals surface area contributed by atoms with Gasteiger partial charge < -0.3 is 5.32 Å². The van der Waals surface area contributed by atoms with E-state index in [-0.39, 0.29) is 27.1 Å². The topological polar surface area (TPSA) is 93.1 Å². The Morgan fingerprint density at radius 2 is 1.89 bits per heavy atom. The number of rotatable bonds is 6. The first-order valence-corrected chi connectivity index (χ1v) is 10.3. The Morgan fingerprint density at radius 3 is 2.54 bits per heavy atom. The Bertz CT molecular complexity index is 1110. The van der Waals surface area contributed by atoms with Crippen LogP contribution in [0.15, 0.2) is 59.8 Å². The Hall–Kier alpha value is -2.84. The fourth-order valence-corrected chi connectivity index (χ4v) is 3.80. The van der Waals surface area contributed by atoms with Crippen LogP contribution in [0.25, 0.3) is 0 Å². The average Bonchev–Trinajstić information content (AvgIpc) is 3.07. The van der Waals surface area contributed by atoms with Crippen LogP contribution < -0.4 is 10.0 Å². The van der Waals surface area contributed by atoms with Crippen molar-refractivity contribution in [2.45, 2.75) is 18.4 Å². The number of halogens is 1. The smallest absolute Gasteiger partial charge is 0.261 e. The van der Waals surface area contributed by atoms with E-state index >= 15 is 0 Å². The molecule has 0 aliphatic carbocycles. The van der Waals surface area contributed by atoms with Gasteiger partial charge >= 0.3 is 0 Å². The highest BCUT2D eigenvalue weighted by Crippen LogP contribution is 2.26. The lowest BCUT2D eigenvalue weighted by Crippen LogP contribution is -2.23. The second kappa shape index (κ2) is 8.04. The van der Waals surface area contributed by atoms with Gasteiger partial charge in [-0.25, -0.2) is 8.42 Å². The molecule has 2 N–H and O–H groups in total. The van der Waals surface area contributed by atoms with Crippen LogP contribution in [-0.2, 0) is 23.6 Å². The molecule has 0 saturated carbocycles. The molecule has 3 aromatic rings. The number of benzene rings is 2. The van der Waals surface area contributed by atoms with Crippen molar-refractivity contribution in [1.82, 2.24) is 15.1 Å². The largest absolute Gasteiger partial charge is 0.348 e. The first kappa shape index (κ1) is 19.9. The second-order valence-corrected chi connectivity index (χ2v) is 8.41. The van der Waals surface area contributed by atoms with E-state index in [2.05, 4.69) is 15.1 Å². The van der Waals surface area contributed by atoms with E-state index in [9.17, 15) is 13.2 Å². The molecule has 9 heteroatoms. The van der Waals surface area contributed by atoms with Crippen LogP contribution in [0.4, 0.5) is 5.69 Å². The summed E-state index contributed by atoms with van der Waals surface area (Å²) in [4.78, 5) is 12.5. The lowest BCUT2D eigenvalue weighted by molar-refractivity contribution is 0.0951. The van der Waals surface area contributed by atoms with Gasteiger partial charge in [-0.1, -0.05) is 29.3 Å². The van der Waals surface area contributed by atoms with Gasteiger partial charge in [0.2, 0.25) is 0 Å². The Morgan fingerprint density at radius 1 is 1.18 bits per heavy atom. The maximum Gasteiger partial charge on any atom is 0.261 e. The Labute approximate surface area is 168 Å². The fraction of sp³-hybridized carbons (Fsp3) is 0.158. The number of carbonyl (C=O) groups excluding carboxylic acids is 1. The Balaban J connectivity index is 1.77. The van der Waals surface area contributed by atoms with Gasteiger partial charge in [-0.3, -0.25) is 14.2 Å². The van der Waals surface area contributed by atoms with Crippen LogP contribution in [0.2, 0.25) is 5.02 Å². The van der Waals surface area contributed by atoms with Gasteiger partial charge in [0, 0.05) is 30.9 Å². The predicted octanol–water partition coefficient (Wildman–Crippen LogP) is 3.11. The highest BCUT2D eigenvalue weighted by atomic mass is 35.5. The molecule has 0 atom stereocenters. The molecule has 146 valence electrons. The first-order chi connectivity index (χ1) is 13.2. The number of amides is 1. The number of sulfonamides is 1. The first-order valence-electron chi connectivity index (χ1n) is 8.39. The zero-order valence-corrected chi connectivity index (χ0v) is 16.9. The summed E-state index contributed by atoms with van der Waals surface area (Å²) in [7, 11) is -2.04. The van der Waals surface area contributed by atoms with Gasteiger partial charge in [-0.2, -0.15) is 5.10 Å². The van der Waals surface area contributed by atoms with Crippen molar-refractivity contribution in [3.8, 4) is 0 Å². The van der Waals surface area contributed by atoms with E-state index in [1.807, 2.05) is 6.92 Å². The van der Waals surface area contributed by atoms with E-state index in [1.54, 1.807) is 36.3 Å². The van der Waals surface area contributed by atoms with Crippen molar-refractivity contribution < 1.29 is 13.2 Å². The molecule has 0 unspecified atom stereocenters. The molecule has 1 heterocycles. The molecule has 0 aliphatic heterocycles. The normalized spacial score (nSPS) is 11.2. The molecular formula is C19H19ClN4O3S. The van der Waals surface area contributed by atoms with Gasteiger partial charge in [-0.05, 0) is 37.3 Å². The monoisotopic (exact) mass is 418 g/mol. The summed E-state index contributed by atoms with van der Waals surface area (Å²) in [5.74, 6) is -0.351. The second-order valence-electron chi connectivity index (χ2n) is 6.32. The van der Waals surface area contributed by atoms with Crippen molar-refractivity contribution in [1.29, 1.82) is 0 Å². The summed E-state index contributed by atoms with van der Waals surface area (Å²) in [5, 5.41) is 7.00. The number of hydrogen-bond donors (Lipinski definition) is 2. The van der Waals surface area contributed by atoms with Crippen molar-refractivity contribution in [2.24, 2.45) is 7.05 Å². The standard InChI is InChI=1S/C19H19ClN4O3S/c1-13-3-6-16(7-4-13)28(26,27)23-18-9-15(5-8-17(18)20)19(25)21-10-14-11-22-24(2)12-14/h3-9,11-12,23H,10H2,1-2H3,(H,21,25). The number of nitrogens with zero attached hydrogens (tertiary/aromatic N) is 2. The van der Waals surface area contributed by atoms with Crippen molar-refractivity contribution in [3.05, 3.63) is 76.6 Å². The molecule has 7 nitrogen and oxygen atoms in total. The van der Waals surface area contributed by atoms with E-state index in [0.717, 1.165) is 11.1 Å². The zero-order valence-electron chi connectivity index (χ0n) is 15.3. The van der Waals surface area contributed by atoms with Crippen LogP contribution >= 0.6 is 11.6 Å². The SMILES string of the molecule is Cc1ccc(S(=O)(=O)Nc2cc(C(=O)NCc3cnn(C)c3)ccc2Cl)cc1. The van der Waals surface area contributed by atoms with Crippen LogP contribution in [0.3, 0.4) is 0 Å². The summed E-state index contributed by atoms with van der Waals surface area (Å²) >= 11 is 6.13. The van der Waals surface area contributed by atoms with Gasteiger partial charge in [-0.15, -0.1) is 0 Å². The van der Waals surface area contributed by atoms with E-state index in [0.29, 0.717) is 6.54 Å². The molecule has 0 bridgehead atoms. The summed E-state index contributed by atoms with van der Waals surface area (Å²) in [6, 6.07) is 10.9. The third-order valence-electron chi connectivity index (χ3n) is 4.02. The number of aromatic nitrogens is 2. The highest BCUT2D eigenvalue weighted by molar-refractivity contribution is 7.92. The molecule has 2 aromatic carbocycles. The van der Waals surface area contributed by atoms with Gasteiger partial charge in [0.25, 0.3) is 15.9 Å². The minimum Gasteiger partial charge on any atom is -0.348 e. The number of carbonyl (C=O) groups is 1. The van der Waals surface area contributed by atoms with E-state index in [1.165, 1.54) is 30.3 Å². The summed E-state index contributed by atoms with van der Waals surface area (Å²) in [6.07, 6.45) is 3.45. The molecule has 1 aromatic heterocycles. The van der Waals surface area contributed by atoms with Crippen LogP contribution in [-0.4, -0.2) is 24.1 Å². The van der Waals surface area contributed by atoms with E-state index in [4.69, 9.17) is 11.6 Å². The molecule has 0 radical (unpaired) electrons. The minimum absolute atomic E-state index is 0.112. The minimum atomic E-state index is -3.82. The van der Waals surface area contributed by atoms with Gasteiger partial charge in [0.15, 0.2) is 0 Å². The lowest BCUT2D eigenvalue weighted by Gasteiger charge is -2.12. The predicted molar refractivity (Wildman–Crippen MR) is 108 cm³/mol. The molecule has 0 aliphatic rings. The molecule has 3 rings (SSSR count). The van der Waals surface area contributed by atoms with Crippen LogP contribution in [0, 0.1) is 6.92 Å². The lowest BCUT2D eigenvalue weighted by atomic mass is 10.2. The Kier molecular flexibility index (Phi) is 5.71. The van der Waals surface area contributed by atoms with E-state index < -0.39 is 10.0 Å². The molecule has 0 fully saturated rings. The average molecular weight is 419 g/mol. The molecule has 0 spiro atoms. The fourth-order valence-electron chi connectivity index (χ4n) is 2.51. The number of aryl methyl sites for hydroxylation is 2. The maximum absolute atomic E-state index is 12.6. The van der Waals surface area contributed by atoms with Crippen LogP contribution in [0.5, 0.6) is 0 Å². The van der Waals surface area contributed by atoms with Crippen molar-refractivity contribution in [3.63, 3.8) is 0 Å². The van der Waals surface area contributed by atoms with Crippen LogP contribution in [0.1, 0.15) is 21.5 Å². The molecular weight excluding hydrogens is 400 g/mol. The molecule has 28 heavy (non-hydrogen) atoms. The van der Waals surface area contributed by atoms with Gasteiger partial charge in [0.1, 0.15) is 0 Å². The van der Waals surface area contributed by atoms with Crippen molar-refractivity contribution >= 4 is 33.2 Å². The number of nitrogens with one attached hydrogen (secondary N) is 2. The summed E-state index contributed by atoms with van der Waals surface area (Å²) in [5.41, 5.74) is 2.22. The third kappa shape index (κ3) is 4.71. The van der Waals surface area contributed by atoms with Crippen molar-refractivity contribution in [2.75, 3.05) is 4.72 Å². The summed E-state index contributed by atoms with van der Waals surface area (Å²) in [6.45, 7) is 2.17. The number of hydrogen-bond acceptors (Lipinski definition) is 4. The molecule has 0 saturated heterocycles. The highest BCUT2D eigenvalue weighted by Gasteiger charge is 2.17. The maximum atomic E-state index is 12.6. The van der Waals surface area contributed by atoms with Gasteiger partial charge in [0.05, 0.1) is 21.8 Å². The molecule has 1 amide bonds. The zero-order chi connectivity index (χ0) is 20.3. The third-order valence-corrected chi connectivity index (χ3v) is 5.73. The number of anilines is 1. The summed E-state index contributed by atoms with van der Waals surface area (Å²) < 4.78 is 29.2.